The van der Waals surface area contributed by atoms with Gasteiger partial charge in [0.05, 0.1) is 24.9 Å². The Kier molecular flexibility index (Phi) is 9.46. The summed E-state index contributed by atoms with van der Waals surface area (Å²) in [5, 5.41) is 6.96. The van der Waals surface area contributed by atoms with E-state index in [1.54, 1.807) is 0 Å². The van der Waals surface area contributed by atoms with E-state index in [2.05, 4.69) is 58.6 Å². The van der Waals surface area contributed by atoms with Gasteiger partial charge >= 0.3 is 0 Å². The molecule has 0 aliphatic carbocycles. The van der Waals surface area contributed by atoms with Gasteiger partial charge in [-0.05, 0) is 32.3 Å². The van der Waals surface area contributed by atoms with Gasteiger partial charge < -0.3 is 20.1 Å². The van der Waals surface area contributed by atoms with Crippen LogP contribution in [0.1, 0.15) is 36.9 Å². The van der Waals surface area contributed by atoms with Gasteiger partial charge in [-0.25, -0.2) is 0 Å². The van der Waals surface area contributed by atoms with Crippen LogP contribution in [0.15, 0.2) is 29.3 Å². The Morgan fingerprint density at radius 1 is 1.18 bits per heavy atom. The predicted molar refractivity (Wildman–Crippen MR) is 125 cm³/mol. The zero-order chi connectivity index (χ0) is 19.1. The average molecular weight is 502 g/mol. The molecule has 28 heavy (non-hydrogen) atoms. The van der Waals surface area contributed by atoms with Crippen molar-refractivity contribution in [3.8, 4) is 0 Å². The van der Waals surface area contributed by atoms with E-state index in [0.29, 0.717) is 6.04 Å². The van der Waals surface area contributed by atoms with Crippen LogP contribution in [0.25, 0.3) is 0 Å². The Labute approximate surface area is 186 Å². The minimum absolute atomic E-state index is 0. The molecule has 0 spiro atoms. The van der Waals surface area contributed by atoms with Crippen LogP contribution < -0.4 is 10.6 Å². The molecule has 3 rings (SSSR count). The maximum Gasteiger partial charge on any atom is 0.191 e. The third-order valence-electron chi connectivity index (χ3n) is 5.57. The highest BCUT2D eigenvalue weighted by Gasteiger charge is 2.30. The number of aryl methyl sites for hydroxylation is 1. The topological polar surface area (TPSA) is 58.1 Å². The first kappa shape index (κ1) is 23.4. The normalized spacial score (nSPS) is 24.5. The standard InChI is InChI=1S/C21H34N4O2.HI/c1-17-5-7-18(8-6-17)19(25-10-13-26-14-11-25)15-23-20(22-3)24-16-21(2)9-4-12-27-21;/h5-8,19H,4,9-16H2,1-3H3,(H2,22,23,24);1H. The molecule has 0 radical (unpaired) electrons. The molecule has 2 aliphatic rings. The van der Waals surface area contributed by atoms with Crippen molar-refractivity contribution in [3.05, 3.63) is 35.4 Å². The molecule has 2 atom stereocenters. The van der Waals surface area contributed by atoms with Crippen LogP contribution in [-0.2, 0) is 9.47 Å². The van der Waals surface area contributed by atoms with E-state index in [9.17, 15) is 0 Å². The van der Waals surface area contributed by atoms with E-state index in [0.717, 1.165) is 64.8 Å². The van der Waals surface area contributed by atoms with Gasteiger partial charge in [0, 0.05) is 39.8 Å². The van der Waals surface area contributed by atoms with Crippen LogP contribution in [0.4, 0.5) is 0 Å². The lowest BCUT2D eigenvalue weighted by Crippen LogP contribution is -2.49. The average Bonchev–Trinajstić information content (AvgIpc) is 3.13. The first-order chi connectivity index (χ1) is 13.1. The van der Waals surface area contributed by atoms with Crippen LogP contribution >= 0.6 is 24.0 Å². The number of nitrogens with one attached hydrogen (secondary N) is 2. The number of halogens is 1. The number of morpholine rings is 1. The minimum atomic E-state index is -0.0851. The van der Waals surface area contributed by atoms with Crippen molar-refractivity contribution in [2.75, 3.05) is 53.0 Å². The van der Waals surface area contributed by atoms with Crippen molar-refractivity contribution in [2.45, 2.75) is 38.3 Å². The number of benzene rings is 1. The summed E-state index contributed by atoms with van der Waals surface area (Å²) in [6.45, 7) is 10.2. The number of rotatable bonds is 6. The fourth-order valence-corrected chi connectivity index (χ4v) is 3.80. The van der Waals surface area contributed by atoms with Gasteiger partial charge in [-0.3, -0.25) is 9.89 Å². The first-order valence-electron chi connectivity index (χ1n) is 10.1. The number of nitrogens with zero attached hydrogens (tertiary/aromatic N) is 2. The summed E-state index contributed by atoms with van der Waals surface area (Å²) < 4.78 is 11.4. The molecule has 0 bridgehead atoms. The van der Waals surface area contributed by atoms with Crippen LogP contribution in [0, 0.1) is 6.92 Å². The monoisotopic (exact) mass is 502 g/mol. The van der Waals surface area contributed by atoms with Crippen molar-refractivity contribution in [2.24, 2.45) is 4.99 Å². The molecule has 2 aliphatic heterocycles. The van der Waals surface area contributed by atoms with E-state index < -0.39 is 0 Å². The van der Waals surface area contributed by atoms with E-state index >= 15 is 0 Å². The summed E-state index contributed by atoms with van der Waals surface area (Å²) in [5.41, 5.74) is 2.53. The van der Waals surface area contributed by atoms with Crippen molar-refractivity contribution >= 4 is 29.9 Å². The smallest absolute Gasteiger partial charge is 0.191 e. The lowest BCUT2D eigenvalue weighted by Gasteiger charge is -2.35. The molecule has 7 heteroatoms. The maximum atomic E-state index is 5.87. The molecule has 158 valence electrons. The fraction of sp³-hybridized carbons (Fsp3) is 0.667. The summed E-state index contributed by atoms with van der Waals surface area (Å²) in [7, 11) is 1.82. The summed E-state index contributed by atoms with van der Waals surface area (Å²) in [5.74, 6) is 0.831. The summed E-state index contributed by atoms with van der Waals surface area (Å²) >= 11 is 0. The summed E-state index contributed by atoms with van der Waals surface area (Å²) in [4.78, 5) is 6.90. The number of hydrogen-bond acceptors (Lipinski definition) is 4. The molecule has 2 fully saturated rings. The lowest BCUT2D eigenvalue weighted by molar-refractivity contribution is 0.0167. The number of guanidine groups is 1. The Balaban J connectivity index is 0.00000280. The molecule has 0 aromatic heterocycles. The van der Waals surface area contributed by atoms with Gasteiger partial charge in [0.25, 0.3) is 0 Å². The third kappa shape index (κ3) is 6.57. The zero-order valence-electron chi connectivity index (χ0n) is 17.4. The van der Waals surface area contributed by atoms with Crippen LogP contribution in [0.2, 0.25) is 0 Å². The van der Waals surface area contributed by atoms with Gasteiger partial charge in [-0.2, -0.15) is 0 Å². The van der Waals surface area contributed by atoms with Crippen LogP contribution in [0.3, 0.4) is 0 Å². The Bertz CT molecular complexity index is 611. The Morgan fingerprint density at radius 2 is 1.89 bits per heavy atom. The largest absolute Gasteiger partial charge is 0.379 e. The molecular weight excluding hydrogens is 467 g/mol. The molecule has 0 saturated carbocycles. The fourth-order valence-electron chi connectivity index (χ4n) is 3.80. The number of hydrogen-bond donors (Lipinski definition) is 2. The van der Waals surface area contributed by atoms with Gasteiger partial charge in [-0.15, -0.1) is 24.0 Å². The van der Waals surface area contributed by atoms with Crippen molar-refractivity contribution in [1.82, 2.24) is 15.5 Å². The molecule has 6 nitrogen and oxygen atoms in total. The van der Waals surface area contributed by atoms with Gasteiger partial charge in [0.15, 0.2) is 5.96 Å². The molecule has 2 unspecified atom stereocenters. The highest BCUT2D eigenvalue weighted by atomic mass is 127. The lowest BCUT2D eigenvalue weighted by atomic mass is 10.0. The van der Waals surface area contributed by atoms with Gasteiger partial charge in [0.1, 0.15) is 0 Å². The highest BCUT2D eigenvalue weighted by Crippen LogP contribution is 2.24. The highest BCUT2D eigenvalue weighted by molar-refractivity contribution is 14.0. The van der Waals surface area contributed by atoms with Crippen molar-refractivity contribution in [3.63, 3.8) is 0 Å². The molecule has 1 aromatic carbocycles. The van der Waals surface area contributed by atoms with Crippen LogP contribution in [-0.4, -0.2) is 69.5 Å². The quantitative estimate of drug-likeness (QED) is 0.356. The minimum Gasteiger partial charge on any atom is -0.379 e. The van der Waals surface area contributed by atoms with Crippen molar-refractivity contribution < 1.29 is 9.47 Å². The van der Waals surface area contributed by atoms with Crippen molar-refractivity contribution in [1.29, 1.82) is 0 Å². The summed E-state index contributed by atoms with van der Waals surface area (Å²) in [6.07, 6.45) is 2.23. The number of ether oxygens (including phenoxy) is 2. The van der Waals surface area contributed by atoms with Gasteiger partial charge in [-0.1, -0.05) is 29.8 Å². The van der Waals surface area contributed by atoms with E-state index in [4.69, 9.17) is 9.47 Å². The van der Waals surface area contributed by atoms with Gasteiger partial charge in [0.2, 0.25) is 0 Å². The van der Waals surface area contributed by atoms with E-state index in [1.165, 1.54) is 11.1 Å². The Morgan fingerprint density at radius 3 is 2.50 bits per heavy atom. The number of aliphatic imine (C=N–C) groups is 1. The van der Waals surface area contributed by atoms with E-state index in [1.807, 2.05) is 7.05 Å². The Hall–Kier alpha value is -0.900. The van der Waals surface area contributed by atoms with E-state index in [-0.39, 0.29) is 29.6 Å². The molecule has 2 saturated heterocycles. The molecule has 1 aromatic rings. The molecule has 2 heterocycles. The second-order valence-electron chi connectivity index (χ2n) is 7.78. The summed E-state index contributed by atoms with van der Waals surface area (Å²) in [6, 6.07) is 9.15. The maximum absolute atomic E-state index is 5.87. The predicted octanol–water partition coefficient (Wildman–Crippen LogP) is 2.72. The second kappa shape index (κ2) is 11.3. The first-order valence-corrected chi connectivity index (χ1v) is 10.1. The second-order valence-corrected chi connectivity index (χ2v) is 7.78. The third-order valence-corrected chi connectivity index (χ3v) is 5.57. The SMILES string of the molecule is CN=C(NCC(c1ccc(C)cc1)N1CCOCC1)NCC1(C)CCCO1.I. The van der Waals surface area contributed by atoms with Crippen LogP contribution in [0.5, 0.6) is 0 Å². The molecular formula is C21H35IN4O2. The molecule has 0 amide bonds. The molecule has 2 N–H and O–H groups in total. The zero-order valence-corrected chi connectivity index (χ0v) is 19.7.